The molecule has 0 radical (unpaired) electrons. The molecule has 0 aliphatic rings. The number of carbonyl (C=O) groups is 1. The molecule has 0 saturated heterocycles. The molecule has 0 spiro atoms. The largest absolute Gasteiger partial charge is 0.344 e. The first kappa shape index (κ1) is 15.6. The normalized spacial score (nSPS) is 11.8. The smallest absolute Gasteiger partial charge is 0.271 e. The van der Waals surface area contributed by atoms with E-state index in [0.29, 0.717) is 13.0 Å². The van der Waals surface area contributed by atoms with Gasteiger partial charge in [0, 0.05) is 12.7 Å². The van der Waals surface area contributed by atoms with Crippen molar-refractivity contribution < 1.29 is 4.79 Å². The topological polar surface area (TPSA) is 106 Å². The van der Waals surface area contributed by atoms with Gasteiger partial charge in [-0.15, -0.1) is 0 Å². The van der Waals surface area contributed by atoms with Crippen LogP contribution in [0.15, 0.2) is 60.2 Å². The standard InChI is InChI=1S/C16H16N6O2/c23-15-9-18-14(8-19-15)16(24)21-13(12-4-2-1-3-5-12)6-7-22-11-17-10-20-22/h1-5,8-11,13H,6-7H2,(H,19,23)(H,21,24)/t13-/m0/s1. The molecule has 122 valence electrons. The molecule has 3 aromatic rings. The molecule has 1 amide bonds. The molecule has 1 aromatic carbocycles. The Hall–Kier alpha value is -3.29. The van der Waals surface area contributed by atoms with E-state index in [4.69, 9.17) is 0 Å². The SMILES string of the molecule is O=C(N[C@@H](CCn1cncn1)c1ccccc1)c1c[nH]c(=O)cn1. The number of hydrogen-bond acceptors (Lipinski definition) is 5. The fourth-order valence-electron chi connectivity index (χ4n) is 2.32. The second kappa shape index (κ2) is 7.32. The van der Waals surface area contributed by atoms with Gasteiger partial charge in [-0.1, -0.05) is 30.3 Å². The molecule has 0 fully saturated rings. The lowest BCUT2D eigenvalue weighted by atomic mass is 10.0. The predicted octanol–water partition coefficient (Wildman–Crippen LogP) is 0.923. The molecular formula is C16H16N6O2. The lowest BCUT2D eigenvalue weighted by Gasteiger charge is -2.19. The van der Waals surface area contributed by atoms with Crippen LogP contribution in [0.5, 0.6) is 0 Å². The first-order valence-corrected chi connectivity index (χ1v) is 7.45. The third-order valence-electron chi connectivity index (χ3n) is 3.53. The second-order valence-electron chi connectivity index (χ2n) is 5.18. The summed E-state index contributed by atoms with van der Waals surface area (Å²) in [5.74, 6) is -0.348. The maximum Gasteiger partial charge on any atom is 0.271 e. The van der Waals surface area contributed by atoms with E-state index in [1.165, 1.54) is 12.5 Å². The highest BCUT2D eigenvalue weighted by atomic mass is 16.2. The Morgan fingerprint density at radius 3 is 2.79 bits per heavy atom. The number of carbonyl (C=O) groups excluding carboxylic acids is 1. The molecule has 0 aliphatic carbocycles. The first-order valence-electron chi connectivity index (χ1n) is 7.45. The summed E-state index contributed by atoms with van der Waals surface area (Å²) < 4.78 is 1.71. The third-order valence-corrected chi connectivity index (χ3v) is 3.53. The van der Waals surface area contributed by atoms with Crippen molar-refractivity contribution in [3.8, 4) is 0 Å². The van der Waals surface area contributed by atoms with Crippen LogP contribution < -0.4 is 10.9 Å². The number of amides is 1. The van der Waals surface area contributed by atoms with Crippen LogP contribution in [-0.4, -0.2) is 30.6 Å². The van der Waals surface area contributed by atoms with Gasteiger partial charge in [0.1, 0.15) is 18.3 Å². The molecule has 0 bridgehead atoms. The van der Waals surface area contributed by atoms with Gasteiger partial charge in [-0.25, -0.2) is 9.97 Å². The van der Waals surface area contributed by atoms with Crippen molar-refractivity contribution in [3.63, 3.8) is 0 Å². The van der Waals surface area contributed by atoms with Crippen molar-refractivity contribution in [1.29, 1.82) is 0 Å². The second-order valence-corrected chi connectivity index (χ2v) is 5.18. The number of rotatable bonds is 6. The van der Waals surface area contributed by atoms with E-state index >= 15 is 0 Å². The minimum Gasteiger partial charge on any atom is -0.344 e. The summed E-state index contributed by atoms with van der Waals surface area (Å²) in [5, 5.41) is 7.02. The van der Waals surface area contributed by atoms with Crippen molar-refractivity contribution in [2.45, 2.75) is 19.0 Å². The number of nitrogens with one attached hydrogen (secondary N) is 2. The molecule has 0 unspecified atom stereocenters. The van der Waals surface area contributed by atoms with E-state index in [-0.39, 0.29) is 23.2 Å². The van der Waals surface area contributed by atoms with Gasteiger partial charge in [-0.2, -0.15) is 5.10 Å². The number of aromatic nitrogens is 5. The molecule has 2 aromatic heterocycles. The molecular weight excluding hydrogens is 308 g/mol. The minimum absolute atomic E-state index is 0.163. The summed E-state index contributed by atoms with van der Waals surface area (Å²) in [6, 6.07) is 9.45. The maximum atomic E-state index is 12.4. The first-order chi connectivity index (χ1) is 11.7. The van der Waals surface area contributed by atoms with Gasteiger partial charge in [-0.3, -0.25) is 14.3 Å². The Morgan fingerprint density at radius 1 is 1.29 bits per heavy atom. The number of nitrogens with zero attached hydrogens (tertiary/aromatic N) is 4. The highest BCUT2D eigenvalue weighted by Gasteiger charge is 2.17. The van der Waals surface area contributed by atoms with Crippen molar-refractivity contribution in [3.05, 3.63) is 77.0 Å². The summed E-state index contributed by atoms with van der Waals surface area (Å²) >= 11 is 0. The number of benzene rings is 1. The predicted molar refractivity (Wildman–Crippen MR) is 86.1 cm³/mol. The summed E-state index contributed by atoms with van der Waals surface area (Å²) in [5.41, 5.74) is 0.795. The fourth-order valence-corrected chi connectivity index (χ4v) is 2.32. The zero-order chi connectivity index (χ0) is 16.8. The minimum atomic E-state index is -0.350. The van der Waals surface area contributed by atoms with Crippen LogP contribution in [-0.2, 0) is 6.54 Å². The Morgan fingerprint density at radius 2 is 2.12 bits per heavy atom. The summed E-state index contributed by atoms with van der Waals surface area (Å²) in [7, 11) is 0. The monoisotopic (exact) mass is 324 g/mol. The average Bonchev–Trinajstić information content (AvgIpc) is 3.13. The number of hydrogen-bond donors (Lipinski definition) is 2. The Kier molecular flexibility index (Phi) is 4.76. The lowest BCUT2D eigenvalue weighted by Crippen LogP contribution is -2.30. The van der Waals surface area contributed by atoms with Crippen molar-refractivity contribution in [2.75, 3.05) is 0 Å². The molecule has 2 heterocycles. The molecule has 8 nitrogen and oxygen atoms in total. The molecule has 8 heteroatoms. The highest BCUT2D eigenvalue weighted by Crippen LogP contribution is 2.17. The number of aromatic amines is 1. The van der Waals surface area contributed by atoms with E-state index in [0.717, 1.165) is 11.8 Å². The van der Waals surface area contributed by atoms with Crippen LogP contribution in [0.3, 0.4) is 0 Å². The van der Waals surface area contributed by atoms with Crippen LogP contribution in [0.25, 0.3) is 0 Å². The lowest BCUT2D eigenvalue weighted by molar-refractivity contribution is 0.0927. The van der Waals surface area contributed by atoms with E-state index in [2.05, 4.69) is 25.4 Å². The van der Waals surface area contributed by atoms with Gasteiger partial charge < -0.3 is 10.3 Å². The van der Waals surface area contributed by atoms with Gasteiger partial charge in [0.05, 0.1) is 12.2 Å². The Bertz CT molecular complexity index is 824. The van der Waals surface area contributed by atoms with Crippen LogP contribution in [0.1, 0.15) is 28.5 Å². The molecule has 3 rings (SSSR count). The van der Waals surface area contributed by atoms with Gasteiger partial charge in [0.15, 0.2) is 0 Å². The van der Waals surface area contributed by atoms with Crippen molar-refractivity contribution >= 4 is 5.91 Å². The van der Waals surface area contributed by atoms with E-state index in [1.54, 1.807) is 11.0 Å². The molecule has 24 heavy (non-hydrogen) atoms. The van der Waals surface area contributed by atoms with Gasteiger partial charge in [-0.05, 0) is 12.0 Å². The van der Waals surface area contributed by atoms with Gasteiger partial charge in [0.2, 0.25) is 0 Å². The fraction of sp³-hybridized carbons (Fsp3) is 0.188. The molecule has 1 atom stereocenters. The Balaban J connectivity index is 1.75. The highest BCUT2D eigenvalue weighted by molar-refractivity contribution is 5.92. The zero-order valence-corrected chi connectivity index (χ0v) is 12.8. The van der Waals surface area contributed by atoms with Gasteiger partial charge >= 0.3 is 0 Å². The average molecular weight is 324 g/mol. The third kappa shape index (κ3) is 3.92. The van der Waals surface area contributed by atoms with Crippen molar-refractivity contribution in [1.82, 2.24) is 30.0 Å². The van der Waals surface area contributed by atoms with Crippen LogP contribution in [0.2, 0.25) is 0 Å². The molecule has 2 N–H and O–H groups in total. The van der Waals surface area contributed by atoms with Crippen LogP contribution >= 0.6 is 0 Å². The van der Waals surface area contributed by atoms with Crippen molar-refractivity contribution in [2.24, 2.45) is 0 Å². The van der Waals surface area contributed by atoms with Crippen LogP contribution in [0, 0.1) is 0 Å². The summed E-state index contributed by atoms with van der Waals surface area (Å²) in [4.78, 5) is 33.6. The van der Waals surface area contributed by atoms with E-state index < -0.39 is 0 Å². The molecule has 0 aliphatic heterocycles. The van der Waals surface area contributed by atoms with Crippen LogP contribution in [0.4, 0.5) is 0 Å². The van der Waals surface area contributed by atoms with E-state index in [1.807, 2.05) is 30.3 Å². The number of aryl methyl sites for hydroxylation is 1. The van der Waals surface area contributed by atoms with E-state index in [9.17, 15) is 9.59 Å². The maximum absolute atomic E-state index is 12.4. The Labute approximate surface area is 137 Å². The molecule has 0 saturated carbocycles. The summed E-state index contributed by atoms with van der Waals surface area (Å²) in [6.07, 6.45) is 6.13. The van der Waals surface area contributed by atoms with Gasteiger partial charge in [0.25, 0.3) is 11.5 Å². The quantitative estimate of drug-likeness (QED) is 0.701. The number of H-pyrrole nitrogens is 1. The summed E-state index contributed by atoms with van der Waals surface area (Å²) in [6.45, 7) is 0.610. The zero-order valence-electron chi connectivity index (χ0n) is 12.8.